The lowest BCUT2D eigenvalue weighted by molar-refractivity contribution is 0.0596. The van der Waals surface area contributed by atoms with E-state index in [1.807, 2.05) is 0 Å². The van der Waals surface area contributed by atoms with E-state index in [9.17, 15) is 22.4 Å². The third-order valence-corrected chi connectivity index (χ3v) is 6.64. The molecule has 0 N–H and O–H groups in total. The van der Waals surface area contributed by atoms with Crippen LogP contribution in [-0.4, -0.2) is 28.5 Å². The highest BCUT2D eigenvalue weighted by molar-refractivity contribution is 7.93. The first-order valence-electron chi connectivity index (χ1n) is 7.14. The monoisotopic (exact) mass is 397 g/mol. The summed E-state index contributed by atoms with van der Waals surface area (Å²) >= 11 is 1.01. The summed E-state index contributed by atoms with van der Waals surface area (Å²) in [6.07, 6.45) is 0. The van der Waals surface area contributed by atoms with Crippen molar-refractivity contribution in [3.8, 4) is 0 Å². The molecular formula is C16H12FNO6S2. The van der Waals surface area contributed by atoms with E-state index in [-0.39, 0.29) is 21.0 Å². The standard InChI is InChI=1S/C16H12FNO6S2/c1-18(26(21,22)10-5-3-9(17)4-6-10)14-8-12-13(25-14)7-11(15(19)23-2)16(20)24-12/h3-8H,1-2H3. The van der Waals surface area contributed by atoms with Gasteiger partial charge in [0.1, 0.15) is 16.4 Å². The van der Waals surface area contributed by atoms with Crippen LogP contribution in [0.1, 0.15) is 10.4 Å². The van der Waals surface area contributed by atoms with Gasteiger partial charge < -0.3 is 9.15 Å². The molecule has 26 heavy (non-hydrogen) atoms. The fourth-order valence-electron chi connectivity index (χ4n) is 2.19. The highest BCUT2D eigenvalue weighted by atomic mass is 32.2. The van der Waals surface area contributed by atoms with Crippen LogP contribution < -0.4 is 9.93 Å². The van der Waals surface area contributed by atoms with Crippen molar-refractivity contribution in [2.75, 3.05) is 18.5 Å². The van der Waals surface area contributed by atoms with Crippen LogP contribution in [0.5, 0.6) is 0 Å². The molecule has 0 atom stereocenters. The highest BCUT2D eigenvalue weighted by Gasteiger charge is 2.24. The molecule has 7 nitrogen and oxygen atoms in total. The number of methoxy groups -OCH3 is 1. The molecule has 0 aliphatic rings. The minimum absolute atomic E-state index is 0.0874. The smallest absolute Gasteiger partial charge is 0.351 e. The largest absolute Gasteiger partial charge is 0.465 e. The molecule has 0 radical (unpaired) electrons. The number of rotatable bonds is 4. The minimum atomic E-state index is -3.93. The molecule has 2 heterocycles. The van der Waals surface area contributed by atoms with Gasteiger partial charge in [0.15, 0.2) is 5.58 Å². The minimum Gasteiger partial charge on any atom is -0.465 e. The van der Waals surface area contributed by atoms with Gasteiger partial charge in [0, 0.05) is 13.1 Å². The quantitative estimate of drug-likeness (QED) is 0.628. The fraction of sp³-hybridized carbons (Fsp3) is 0.125. The van der Waals surface area contributed by atoms with Crippen LogP contribution in [0.25, 0.3) is 10.3 Å². The summed E-state index contributed by atoms with van der Waals surface area (Å²) in [7, 11) is -1.48. The van der Waals surface area contributed by atoms with Crippen molar-refractivity contribution in [1.29, 1.82) is 0 Å². The summed E-state index contributed by atoms with van der Waals surface area (Å²) in [5.74, 6) is -1.39. The molecule has 0 amide bonds. The van der Waals surface area contributed by atoms with Gasteiger partial charge in [-0.25, -0.2) is 22.4 Å². The van der Waals surface area contributed by atoms with Crippen LogP contribution in [0.4, 0.5) is 9.39 Å². The van der Waals surface area contributed by atoms with E-state index in [0.717, 1.165) is 47.0 Å². The molecule has 0 fully saturated rings. The number of anilines is 1. The highest BCUT2D eigenvalue weighted by Crippen LogP contribution is 2.34. The first-order valence-corrected chi connectivity index (χ1v) is 9.40. The predicted octanol–water partition coefficient (Wildman–Crippen LogP) is 2.61. The molecule has 2 aromatic heterocycles. The number of sulfonamides is 1. The lowest BCUT2D eigenvalue weighted by Gasteiger charge is -2.17. The number of hydrogen-bond donors (Lipinski definition) is 0. The normalized spacial score (nSPS) is 11.5. The molecule has 1 aromatic carbocycles. The summed E-state index contributed by atoms with van der Waals surface area (Å²) in [4.78, 5) is 23.3. The van der Waals surface area contributed by atoms with Gasteiger partial charge in [-0.05, 0) is 30.3 Å². The number of ether oxygens (including phenoxy) is 1. The van der Waals surface area contributed by atoms with Crippen LogP contribution in [-0.2, 0) is 14.8 Å². The molecule has 136 valence electrons. The Morgan fingerprint density at radius 3 is 2.50 bits per heavy atom. The van der Waals surface area contributed by atoms with Crippen molar-refractivity contribution in [2.45, 2.75) is 4.90 Å². The maximum atomic E-state index is 13.0. The number of carbonyl (C=O) groups excluding carboxylic acids is 1. The first-order chi connectivity index (χ1) is 12.2. The first kappa shape index (κ1) is 18.1. The molecule has 3 rings (SSSR count). The van der Waals surface area contributed by atoms with Crippen molar-refractivity contribution in [3.63, 3.8) is 0 Å². The Morgan fingerprint density at radius 1 is 1.23 bits per heavy atom. The van der Waals surface area contributed by atoms with Gasteiger partial charge in [0.25, 0.3) is 10.0 Å². The van der Waals surface area contributed by atoms with E-state index in [2.05, 4.69) is 4.74 Å². The second-order valence-electron chi connectivity index (χ2n) is 5.18. The zero-order chi connectivity index (χ0) is 19.1. The second-order valence-corrected chi connectivity index (χ2v) is 8.21. The number of esters is 1. The van der Waals surface area contributed by atoms with Crippen LogP contribution in [0, 0.1) is 5.82 Å². The maximum Gasteiger partial charge on any atom is 0.351 e. The van der Waals surface area contributed by atoms with Gasteiger partial charge in [-0.2, -0.15) is 0 Å². The van der Waals surface area contributed by atoms with Crippen molar-refractivity contribution < 1.29 is 26.8 Å². The fourth-order valence-corrected chi connectivity index (χ4v) is 4.58. The molecular weight excluding hydrogens is 385 g/mol. The summed E-state index contributed by atoms with van der Waals surface area (Å²) < 4.78 is 49.3. The molecule has 0 aliphatic carbocycles. The molecule has 0 aliphatic heterocycles. The van der Waals surface area contributed by atoms with Gasteiger partial charge >= 0.3 is 11.6 Å². The Morgan fingerprint density at radius 2 is 1.88 bits per heavy atom. The Kier molecular flexibility index (Phi) is 4.55. The van der Waals surface area contributed by atoms with Crippen LogP contribution in [0.3, 0.4) is 0 Å². The van der Waals surface area contributed by atoms with Crippen molar-refractivity contribution >= 4 is 42.6 Å². The van der Waals surface area contributed by atoms with E-state index in [1.165, 1.54) is 19.2 Å². The lowest BCUT2D eigenvalue weighted by atomic mass is 10.3. The SMILES string of the molecule is COC(=O)c1cc2sc(N(C)S(=O)(=O)c3ccc(F)cc3)cc2oc1=O. The van der Waals surface area contributed by atoms with E-state index in [0.29, 0.717) is 4.70 Å². The van der Waals surface area contributed by atoms with Crippen LogP contribution in [0.15, 0.2) is 50.5 Å². The molecule has 0 spiro atoms. The van der Waals surface area contributed by atoms with Gasteiger partial charge in [-0.15, -0.1) is 11.3 Å². The Hall–Kier alpha value is -2.72. The molecule has 0 saturated carbocycles. The predicted molar refractivity (Wildman–Crippen MR) is 93.7 cm³/mol. The van der Waals surface area contributed by atoms with E-state index >= 15 is 0 Å². The molecule has 0 unspecified atom stereocenters. The van der Waals surface area contributed by atoms with Crippen molar-refractivity contribution in [2.24, 2.45) is 0 Å². The molecule has 10 heteroatoms. The lowest BCUT2D eigenvalue weighted by Crippen LogP contribution is -2.25. The Labute approximate surface area is 151 Å². The maximum absolute atomic E-state index is 13.0. The van der Waals surface area contributed by atoms with Crippen LogP contribution >= 0.6 is 11.3 Å². The number of hydrogen-bond acceptors (Lipinski definition) is 7. The molecule has 3 aromatic rings. The number of fused-ring (bicyclic) bond motifs is 1. The Balaban J connectivity index is 2.06. The van der Waals surface area contributed by atoms with E-state index in [1.54, 1.807) is 0 Å². The number of halogens is 1. The number of nitrogens with zero attached hydrogens (tertiary/aromatic N) is 1. The summed E-state index contributed by atoms with van der Waals surface area (Å²) in [5, 5.41) is 0.259. The zero-order valence-corrected chi connectivity index (χ0v) is 15.2. The van der Waals surface area contributed by atoms with Gasteiger partial charge in [-0.3, -0.25) is 4.31 Å². The number of thiophene rings is 1. The summed E-state index contributed by atoms with van der Waals surface area (Å²) in [6.45, 7) is 0. The van der Waals surface area contributed by atoms with Gasteiger partial charge in [0.05, 0.1) is 16.7 Å². The number of benzene rings is 1. The molecule has 0 bridgehead atoms. The third-order valence-electron chi connectivity index (χ3n) is 3.60. The number of carbonyl (C=O) groups is 1. The van der Waals surface area contributed by atoms with Gasteiger partial charge in [-0.1, -0.05) is 0 Å². The molecule has 0 saturated heterocycles. The van der Waals surface area contributed by atoms with Crippen molar-refractivity contribution in [3.05, 3.63) is 58.2 Å². The zero-order valence-electron chi connectivity index (χ0n) is 13.6. The van der Waals surface area contributed by atoms with Crippen molar-refractivity contribution in [1.82, 2.24) is 0 Å². The topological polar surface area (TPSA) is 93.9 Å². The third kappa shape index (κ3) is 3.08. The summed E-state index contributed by atoms with van der Waals surface area (Å²) in [6, 6.07) is 7.08. The second kappa shape index (κ2) is 6.54. The van der Waals surface area contributed by atoms with Gasteiger partial charge in [0.2, 0.25) is 0 Å². The average Bonchev–Trinajstić information content (AvgIpc) is 3.02. The van der Waals surface area contributed by atoms with E-state index in [4.69, 9.17) is 4.42 Å². The van der Waals surface area contributed by atoms with Crippen LogP contribution in [0.2, 0.25) is 0 Å². The Bertz CT molecular complexity index is 1150. The average molecular weight is 397 g/mol. The summed E-state index contributed by atoms with van der Waals surface area (Å²) in [5.41, 5.74) is -1.01. The van der Waals surface area contributed by atoms with E-state index < -0.39 is 27.4 Å².